The van der Waals surface area contributed by atoms with Crippen LogP contribution in [0.2, 0.25) is 0 Å². The van der Waals surface area contributed by atoms with E-state index in [1.165, 1.54) is 5.56 Å². The molecule has 37 heavy (non-hydrogen) atoms. The molecule has 3 fully saturated rings. The van der Waals surface area contributed by atoms with Gasteiger partial charge in [-0.25, -0.2) is 0 Å². The Morgan fingerprint density at radius 2 is 1.78 bits per heavy atom. The van der Waals surface area contributed by atoms with E-state index in [9.17, 15) is 9.59 Å². The van der Waals surface area contributed by atoms with Gasteiger partial charge < -0.3 is 19.9 Å². The fourth-order valence-corrected chi connectivity index (χ4v) is 5.74. The first-order valence-corrected chi connectivity index (χ1v) is 13.6. The lowest BCUT2D eigenvalue weighted by Gasteiger charge is -2.39. The minimum atomic E-state index is 0. The molecule has 2 heterocycles. The highest BCUT2D eigenvalue weighted by Crippen LogP contribution is 2.41. The van der Waals surface area contributed by atoms with E-state index in [-0.39, 0.29) is 41.6 Å². The van der Waals surface area contributed by atoms with Crippen LogP contribution in [0, 0.1) is 11.3 Å². The second kappa shape index (κ2) is 12.3. The van der Waals surface area contributed by atoms with Crippen LogP contribution in [0.4, 0.5) is 0 Å². The van der Waals surface area contributed by atoms with Crippen LogP contribution in [0.15, 0.2) is 54.6 Å². The maximum Gasteiger partial charge on any atom is 0.223 e. The monoisotopic (exact) mass is 525 g/mol. The minimum absolute atomic E-state index is 0. The van der Waals surface area contributed by atoms with Gasteiger partial charge in [-0.3, -0.25) is 9.59 Å². The number of hydrogen-bond acceptors (Lipinski definition) is 4. The number of carbonyl (C=O) groups is 2. The molecule has 0 unspecified atom stereocenters. The van der Waals surface area contributed by atoms with Crippen molar-refractivity contribution in [2.24, 2.45) is 11.3 Å². The Bertz CT molecular complexity index is 1030. The Labute approximate surface area is 227 Å². The number of amides is 2. The third-order valence-electron chi connectivity index (χ3n) is 8.13. The number of likely N-dealkylation sites (tertiary alicyclic amines) is 2. The fraction of sp³-hybridized carbons (Fsp3) is 0.533. The lowest BCUT2D eigenvalue weighted by Crippen LogP contribution is -2.42. The first kappa shape index (κ1) is 27.5. The number of nitrogens with one attached hydrogen (secondary N) is 1. The van der Waals surface area contributed by atoms with Gasteiger partial charge in [-0.1, -0.05) is 42.5 Å². The lowest BCUT2D eigenvalue weighted by atomic mass is 9.77. The quantitative estimate of drug-likeness (QED) is 0.475. The number of rotatable bonds is 10. The summed E-state index contributed by atoms with van der Waals surface area (Å²) >= 11 is 0. The van der Waals surface area contributed by atoms with Crippen molar-refractivity contribution in [3.8, 4) is 5.75 Å². The van der Waals surface area contributed by atoms with E-state index >= 15 is 0 Å². The summed E-state index contributed by atoms with van der Waals surface area (Å²) in [5.41, 5.74) is 2.45. The van der Waals surface area contributed by atoms with Crippen molar-refractivity contribution in [1.29, 1.82) is 0 Å². The Morgan fingerprint density at radius 1 is 1.08 bits per heavy atom. The van der Waals surface area contributed by atoms with Gasteiger partial charge >= 0.3 is 0 Å². The molecule has 2 saturated heterocycles. The van der Waals surface area contributed by atoms with Crippen molar-refractivity contribution in [3.05, 3.63) is 65.7 Å². The van der Waals surface area contributed by atoms with Gasteiger partial charge in [0.25, 0.3) is 0 Å². The number of benzene rings is 2. The van der Waals surface area contributed by atoms with Crippen LogP contribution in [-0.2, 0) is 16.1 Å². The minimum Gasteiger partial charge on any atom is -0.494 e. The molecule has 1 N–H and O–H groups in total. The summed E-state index contributed by atoms with van der Waals surface area (Å²) in [7, 11) is 0. The molecule has 0 radical (unpaired) electrons. The molecule has 1 aliphatic carbocycles. The van der Waals surface area contributed by atoms with Gasteiger partial charge in [-0.05, 0) is 80.8 Å². The molecule has 6 nitrogen and oxygen atoms in total. The zero-order valence-electron chi connectivity index (χ0n) is 21.9. The molecular weight excluding hydrogens is 486 g/mol. The van der Waals surface area contributed by atoms with Gasteiger partial charge in [0.1, 0.15) is 5.75 Å². The Balaban J connectivity index is 0.00000320. The zero-order chi connectivity index (χ0) is 25.0. The number of nitrogens with zero attached hydrogens (tertiary/aromatic N) is 2. The van der Waals surface area contributed by atoms with Crippen LogP contribution < -0.4 is 10.1 Å². The fourth-order valence-electron chi connectivity index (χ4n) is 5.74. The maximum absolute atomic E-state index is 12.9. The molecule has 0 bridgehead atoms. The third kappa shape index (κ3) is 7.05. The zero-order valence-corrected chi connectivity index (χ0v) is 22.7. The average molecular weight is 526 g/mol. The first-order valence-electron chi connectivity index (χ1n) is 13.6. The molecule has 1 spiro atoms. The van der Waals surface area contributed by atoms with Gasteiger partial charge in [0.2, 0.25) is 11.8 Å². The highest BCUT2D eigenvalue weighted by atomic mass is 35.5. The second-order valence-corrected chi connectivity index (χ2v) is 10.9. The number of halogens is 1. The van der Waals surface area contributed by atoms with Crippen molar-refractivity contribution in [1.82, 2.24) is 15.1 Å². The van der Waals surface area contributed by atoms with Crippen LogP contribution in [0.1, 0.15) is 62.6 Å². The topological polar surface area (TPSA) is 61.9 Å². The predicted octanol–water partition coefficient (Wildman–Crippen LogP) is 4.98. The third-order valence-corrected chi connectivity index (χ3v) is 8.13. The molecule has 2 aliphatic heterocycles. The summed E-state index contributed by atoms with van der Waals surface area (Å²) in [6, 6.07) is 18.5. The van der Waals surface area contributed by atoms with Gasteiger partial charge in [-0.15, -0.1) is 12.4 Å². The highest BCUT2D eigenvalue weighted by molar-refractivity contribution is 5.85. The van der Waals surface area contributed by atoms with Gasteiger partial charge in [0, 0.05) is 32.0 Å². The van der Waals surface area contributed by atoms with E-state index in [4.69, 9.17) is 4.74 Å². The molecule has 2 amide bonds. The number of hydrogen-bond donors (Lipinski definition) is 1. The number of ether oxygens (including phenoxy) is 1. The molecule has 3 aliphatic rings. The van der Waals surface area contributed by atoms with Crippen LogP contribution in [0.25, 0.3) is 0 Å². The van der Waals surface area contributed by atoms with Gasteiger partial charge in [-0.2, -0.15) is 0 Å². The van der Waals surface area contributed by atoms with Crippen molar-refractivity contribution < 1.29 is 14.3 Å². The summed E-state index contributed by atoms with van der Waals surface area (Å²) < 4.78 is 5.54. The van der Waals surface area contributed by atoms with Crippen molar-refractivity contribution in [2.45, 2.75) is 58.0 Å². The molecular formula is C30H40ClN3O3. The highest BCUT2D eigenvalue weighted by Gasteiger charge is 2.44. The standard InChI is InChI=1S/C30H39N3O3.ClH/c1-2-36-26-12-8-23(9-13-26)21-33-22-30(20-28(33)34)15-18-32(19-16-30)17-14-27(24-6-4-3-5-7-24)31-29(35)25-10-11-25;/h3-9,12-13,25,27H,2,10-11,14-22H2,1H3,(H,31,35);1H/t27-;/m0./s1. The van der Waals surface area contributed by atoms with Crippen LogP contribution in [0.5, 0.6) is 5.75 Å². The van der Waals surface area contributed by atoms with E-state index in [1.54, 1.807) is 0 Å². The number of carbonyl (C=O) groups excluding carboxylic acids is 2. The molecule has 1 saturated carbocycles. The van der Waals surface area contributed by atoms with Gasteiger partial charge in [0.15, 0.2) is 0 Å². The SMILES string of the molecule is CCOc1ccc(CN2CC3(CCN(CC[C@H](NC(=O)C4CC4)c4ccccc4)CC3)CC2=O)cc1.Cl. The molecule has 7 heteroatoms. The van der Waals surface area contributed by atoms with Gasteiger partial charge in [0.05, 0.1) is 12.6 Å². The van der Waals surface area contributed by atoms with E-state index < -0.39 is 0 Å². The Morgan fingerprint density at radius 3 is 2.43 bits per heavy atom. The molecule has 1 atom stereocenters. The summed E-state index contributed by atoms with van der Waals surface area (Å²) in [6.07, 6.45) is 5.75. The maximum atomic E-state index is 12.9. The summed E-state index contributed by atoms with van der Waals surface area (Å²) in [4.78, 5) is 29.9. The largest absolute Gasteiger partial charge is 0.494 e. The Kier molecular flexibility index (Phi) is 9.14. The smallest absolute Gasteiger partial charge is 0.223 e. The average Bonchev–Trinajstić information content (AvgIpc) is 3.70. The number of piperidine rings is 1. The normalized spacial score (nSPS) is 19.9. The van der Waals surface area contributed by atoms with Crippen LogP contribution in [-0.4, -0.2) is 54.4 Å². The molecule has 2 aromatic carbocycles. The van der Waals surface area contributed by atoms with Crippen LogP contribution >= 0.6 is 12.4 Å². The summed E-state index contributed by atoms with van der Waals surface area (Å²) in [5, 5.41) is 3.30. The van der Waals surface area contributed by atoms with E-state index in [1.807, 2.05) is 42.2 Å². The first-order chi connectivity index (χ1) is 17.5. The molecule has 200 valence electrons. The molecule has 0 aromatic heterocycles. The summed E-state index contributed by atoms with van der Waals surface area (Å²) in [5.74, 6) is 1.58. The van der Waals surface area contributed by atoms with E-state index in [2.05, 4.69) is 34.5 Å². The van der Waals surface area contributed by atoms with Crippen LogP contribution in [0.3, 0.4) is 0 Å². The van der Waals surface area contributed by atoms with Crippen molar-refractivity contribution in [2.75, 3.05) is 32.8 Å². The second-order valence-electron chi connectivity index (χ2n) is 10.9. The molecule has 5 rings (SSSR count). The molecule has 2 aromatic rings. The van der Waals surface area contributed by atoms with E-state index in [0.717, 1.165) is 69.6 Å². The predicted molar refractivity (Wildman–Crippen MR) is 148 cm³/mol. The lowest BCUT2D eigenvalue weighted by molar-refractivity contribution is -0.128. The summed E-state index contributed by atoms with van der Waals surface area (Å²) in [6.45, 7) is 7.17. The van der Waals surface area contributed by atoms with Crippen molar-refractivity contribution in [3.63, 3.8) is 0 Å². The van der Waals surface area contributed by atoms with E-state index in [0.29, 0.717) is 19.6 Å². The van der Waals surface area contributed by atoms with Crippen molar-refractivity contribution >= 4 is 24.2 Å². The Hall–Kier alpha value is -2.57.